The van der Waals surface area contributed by atoms with Crippen LogP contribution >= 0.6 is 0 Å². The number of aryl methyl sites for hydroxylation is 1. The van der Waals surface area contributed by atoms with Gasteiger partial charge in [-0.15, -0.1) is 0 Å². The van der Waals surface area contributed by atoms with Gasteiger partial charge < -0.3 is 14.2 Å². The molecule has 0 unspecified atom stereocenters. The molecule has 2 aromatic rings. The van der Waals surface area contributed by atoms with Crippen molar-refractivity contribution in [2.75, 3.05) is 14.2 Å². The summed E-state index contributed by atoms with van der Waals surface area (Å²) >= 11 is 0. The van der Waals surface area contributed by atoms with E-state index in [-0.39, 0.29) is 18.1 Å². The minimum absolute atomic E-state index is 0.0362. The quantitative estimate of drug-likeness (QED) is 0.789. The van der Waals surface area contributed by atoms with Crippen molar-refractivity contribution >= 4 is 5.97 Å². The number of methoxy groups -OCH3 is 2. The van der Waals surface area contributed by atoms with Gasteiger partial charge in [0.2, 0.25) is 5.88 Å². The summed E-state index contributed by atoms with van der Waals surface area (Å²) in [6.07, 6.45) is 0. The second-order valence-electron chi connectivity index (χ2n) is 4.73. The lowest BCUT2D eigenvalue weighted by molar-refractivity contribution is 0.0468. The molecule has 118 valence electrons. The summed E-state index contributed by atoms with van der Waals surface area (Å²) in [7, 11) is 2.94. The number of esters is 1. The van der Waals surface area contributed by atoms with Crippen LogP contribution in [0.1, 0.15) is 27.2 Å². The Morgan fingerprint density at radius 1 is 1.22 bits per heavy atom. The zero-order chi connectivity index (χ0) is 16.8. The molecule has 1 aromatic heterocycles. The van der Waals surface area contributed by atoms with Crippen molar-refractivity contribution in [1.29, 1.82) is 5.26 Å². The number of benzene rings is 1. The van der Waals surface area contributed by atoms with Gasteiger partial charge in [0.05, 0.1) is 19.8 Å². The van der Waals surface area contributed by atoms with E-state index in [1.807, 2.05) is 6.07 Å². The van der Waals surface area contributed by atoms with Crippen LogP contribution in [-0.4, -0.2) is 25.2 Å². The van der Waals surface area contributed by atoms with Crippen molar-refractivity contribution in [3.63, 3.8) is 0 Å². The molecule has 0 amide bonds. The van der Waals surface area contributed by atoms with Crippen molar-refractivity contribution in [3.05, 3.63) is 52.7 Å². The van der Waals surface area contributed by atoms with Crippen molar-refractivity contribution in [2.45, 2.75) is 13.5 Å². The third-order valence-corrected chi connectivity index (χ3v) is 3.17. The average Bonchev–Trinajstić information content (AvgIpc) is 2.59. The van der Waals surface area contributed by atoms with E-state index in [4.69, 9.17) is 19.5 Å². The first-order valence-corrected chi connectivity index (χ1v) is 6.84. The SMILES string of the molecule is COc1ccc(COC(=O)c2ccc(C)nc2OC)cc1C#N. The first-order chi connectivity index (χ1) is 11.1. The normalized spacial score (nSPS) is 9.83. The summed E-state index contributed by atoms with van der Waals surface area (Å²) in [5.74, 6) is 0.165. The molecular formula is C17H16N2O4. The molecule has 0 saturated heterocycles. The van der Waals surface area contributed by atoms with Crippen LogP contribution in [0.15, 0.2) is 30.3 Å². The molecule has 2 rings (SSSR count). The highest BCUT2D eigenvalue weighted by atomic mass is 16.5. The van der Waals surface area contributed by atoms with Crippen molar-refractivity contribution in [3.8, 4) is 17.7 Å². The highest BCUT2D eigenvalue weighted by Gasteiger charge is 2.15. The van der Waals surface area contributed by atoms with Crippen LogP contribution in [0.4, 0.5) is 0 Å². The van der Waals surface area contributed by atoms with Gasteiger partial charge in [0.25, 0.3) is 0 Å². The Bertz CT molecular complexity index is 766. The van der Waals surface area contributed by atoms with E-state index in [1.165, 1.54) is 14.2 Å². The molecule has 1 heterocycles. The summed E-state index contributed by atoms with van der Waals surface area (Å²) in [5.41, 5.74) is 2.07. The molecule has 0 aliphatic rings. The van der Waals surface area contributed by atoms with E-state index in [2.05, 4.69) is 4.98 Å². The van der Waals surface area contributed by atoms with E-state index < -0.39 is 5.97 Å². The smallest absolute Gasteiger partial charge is 0.343 e. The van der Waals surface area contributed by atoms with Gasteiger partial charge in [0.1, 0.15) is 24.0 Å². The Labute approximate surface area is 134 Å². The molecule has 6 heteroatoms. The summed E-state index contributed by atoms with van der Waals surface area (Å²) in [5, 5.41) is 9.06. The first-order valence-electron chi connectivity index (χ1n) is 6.84. The molecule has 0 spiro atoms. The molecular weight excluding hydrogens is 296 g/mol. The highest BCUT2D eigenvalue weighted by molar-refractivity contribution is 5.91. The maximum atomic E-state index is 12.2. The van der Waals surface area contributed by atoms with Crippen LogP contribution < -0.4 is 9.47 Å². The lowest BCUT2D eigenvalue weighted by Crippen LogP contribution is -2.08. The molecule has 0 aliphatic heterocycles. The third kappa shape index (κ3) is 3.77. The summed E-state index contributed by atoms with van der Waals surface area (Å²) in [6.45, 7) is 1.84. The molecule has 6 nitrogen and oxygen atoms in total. The lowest BCUT2D eigenvalue weighted by Gasteiger charge is -2.09. The molecule has 0 bridgehead atoms. The largest absolute Gasteiger partial charge is 0.495 e. The molecule has 0 radical (unpaired) electrons. The van der Waals surface area contributed by atoms with Gasteiger partial charge in [0, 0.05) is 5.69 Å². The topological polar surface area (TPSA) is 81.4 Å². The van der Waals surface area contributed by atoms with E-state index >= 15 is 0 Å². The maximum absolute atomic E-state index is 12.2. The summed E-state index contributed by atoms with van der Waals surface area (Å²) in [4.78, 5) is 16.3. The van der Waals surface area contributed by atoms with Crippen molar-refractivity contribution in [1.82, 2.24) is 4.98 Å². The Kier molecular flexibility index (Phi) is 5.15. The second-order valence-corrected chi connectivity index (χ2v) is 4.73. The van der Waals surface area contributed by atoms with Gasteiger partial charge in [-0.3, -0.25) is 0 Å². The minimum Gasteiger partial charge on any atom is -0.495 e. The Hall–Kier alpha value is -3.07. The zero-order valence-corrected chi connectivity index (χ0v) is 13.1. The van der Waals surface area contributed by atoms with E-state index in [1.54, 1.807) is 37.3 Å². The fourth-order valence-corrected chi connectivity index (χ4v) is 2.00. The monoisotopic (exact) mass is 312 g/mol. The van der Waals surface area contributed by atoms with Crippen LogP contribution in [0.2, 0.25) is 0 Å². The Morgan fingerprint density at radius 3 is 2.65 bits per heavy atom. The van der Waals surface area contributed by atoms with E-state index in [0.717, 1.165) is 5.69 Å². The maximum Gasteiger partial charge on any atom is 0.343 e. The molecule has 0 fully saturated rings. The molecule has 23 heavy (non-hydrogen) atoms. The number of carbonyl (C=O) groups is 1. The molecule has 0 saturated carbocycles. The third-order valence-electron chi connectivity index (χ3n) is 3.17. The van der Waals surface area contributed by atoms with Gasteiger partial charge in [0.15, 0.2) is 0 Å². The number of rotatable bonds is 5. The van der Waals surface area contributed by atoms with Gasteiger partial charge in [-0.25, -0.2) is 9.78 Å². The van der Waals surface area contributed by atoms with Crippen LogP contribution in [0, 0.1) is 18.3 Å². The average molecular weight is 312 g/mol. The van der Waals surface area contributed by atoms with Gasteiger partial charge in [-0.05, 0) is 36.8 Å². The predicted octanol–water partition coefficient (Wildman–Crippen LogP) is 2.64. The molecule has 0 aliphatic carbocycles. The number of hydrogen-bond donors (Lipinski definition) is 0. The van der Waals surface area contributed by atoms with Crippen LogP contribution in [0.5, 0.6) is 11.6 Å². The number of pyridine rings is 1. The zero-order valence-electron chi connectivity index (χ0n) is 13.1. The number of aromatic nitrogens is 1. The first kappa shape index (κ1) is 16.3. The van der Waals surface area contributed by atoms with E-state index in [9.17, 15) is 4.79 Å². The van der Waals surface area contributed by atoms with Crippen molar-refractivity contribution in [2.24, 2.45) is 0 Å². The molecule has 1 aromatic carbocycles. The number of carbonyl (C=O) groups excluding carboxylic acids is 1. The fourth-order valence-electron chi connectivity index (χ4n) is 2.00. The predicted molar refractivity (Wildman–Crippen MR) is 82.4 cm³/mol. The summed E-state index contributed by atoms with van der Waals surface area (Å²) in [6, 6.07) is 10.4. The van der Waals surface area contributed by atoms with Gasteiger partial charge in [-0.1, -0.05) is 6.07 Å². The van der Waals surface area contributed by atoms with Gasteiger partial charge >= 0.3 is 5.97 Å². The Morgan fingerprint density at radius 2 is 2.00 bits per heavy atom. The van der Waals surface area contributed by atoms with Crippen LogP contribution in [-0.2, 0) is 11.3 Å². The van der Waals surface area contributed by atoms with Crippen LogP contribution in [0.3, 0.4) is 0 Å². The van der Waals surface area contributed by atoms with Crippen LogP contribution in [0.25, 0.3) is 0 Å². The number of ether oxygens (including phenoxy) is 3. The number of hydrogen-bond acceptors (Lipinski definition) is 6. The minimum atomic E-state index is -0.538. The Balaban J connectivity index is 2.12. The highest BCUT2D eigenvalue weighted by Crippen LogP contribution is 2.21. The van der Waals surface area contributed by atoms with E-state index in [0.29, 0.717) is 16.9 Å². The molecule has 0 N–H and O–H groups in total. The van der Waals surface area contributed by atoms with Crippen molar-refractivity contribution < 1.29 is 19.0 Å². The van der Waals surface area contributed by atoms with Gasteiger partial charge in [-0.2, -0.15) is 5.26 Å². The lowest BCUT2D eigenvalue weighted by atomic mass is 10.1. The standard InChI is InChI=1S/C17H16N2O4/c1-11-4-6-14(16(19-11)22-3)17(20)23-10-12-5-7-15(21-2)13(8-12)9-18/h4-8H,10H2,1-3H3. The summed E-state index contributed by atoms with van der Waals surface area (Å²) < 4.78 is 15.4. The number of nitrogens with zero attached hydrogens (tertiary/aromatic N) is 2. The fraction of sp³-hybridized carbons (Fsp3) is 0.235. The second kappa shape index (κ2) is 7.27. The molecule has 0 atom stereocenters. The number of nitriles is 1.